The smallest absolute Gasteiger partial charge is 0.0879 e. The minimum atomic E-state index is 0.228. The van der Waals surface area contributed by atoms with Crippen LogP contribution in [-0.2, 0) is 0 Å². The molecule has 1 nitrogen and oxygen atoms in total. The first kappa shape index (κ1) is 19.0. The summed E-state index contributed by atoms with van der Waals surface area (Å²) in [5.74, 6) is 0.547. The molecule has 0 amide bonds. The predicted octanol–water partition coefficient (Wildman–Crippen LogP) is 6.73. The molecule has 0 fully saturated rings. The largest absolute Gasteiger partial charge is 0.513 e. The van der Waals surface area contributed by atoms with Gasteiger partial charge in [0.15, 0.2) is 0 Å². The maximum atomic E-state index is 9.26. The van der Waals surface area contributed by atoms with Gasteiger partial charge in [0, 0.05) is 5.92 Å². The molecule has 0 aliphatic heterocycles. The van der Waals surface area contributed by atoms with Gasteiger partial charge in [-0.25, -0.2) is 0 Å². The first-order chi connectivity index (χ1) is 9.47. The van der Waals surface area contributed by atoms with Crippen molar-refractivity contribution in [3.63, 3.8) is 0 Å². The van der Waals surface area contributed by atoms with Crippen LogP contribution in [0.4, 0.5) is 0 Å². The first-order valence-corrected chi connectivity index (χ1v) is 8.16. The summed E-state index contributed by atoms with van der Waals surface area (Å²) in [6, 6.07) is 0. The van der Waals surface area contributed by atoms with Crippen molar-refractivity contribution >= 4 is 0 Å². The number of aliphatic hydroxyl groups is 1. The zero-order valence-electron chi connectivity index (χ0n) is 14.0. The van der Waals surface area contributed by atoms with Crippen molar-refractivity contribution in [3.8, 4) is 0 Å². The van der Waals surface area contributed by atoms with E-state index in [1.807, 2.05) is 6.92 Å². The van der Waals surface area contributed by atoms with Crippen molar-refractivity contribution in [2.75, 3.05) is 0 Å². The van der Waals surface area contributed by atoms with E-state index in [2.05, 4.69) is 39.5 Å². The minimum Gasteiger partial charge on any atom is -0.513 e. The fourth-order valence-electron chi connectivity index (χ4n) is 2.16. The van der Waals surface area contributed by atoms with E-state index in [-0.39, 0.29) is 5.92 Å². The Hall–Kier alpha value is -0.980. The van der Waals surface area contributed by atoms with Crippen LogP contribution in [0.5, 0.6) is 0 Å². The molecule has 0 heterocycles. The van der Waals surface area contributed by atoms with Crippen molar-refractivity contribution < 1.29 is 5.11 Å². The molecule has 0 aliphatic rings. The van der Waals surface area contributed by atoms with Crippen LogP contribution in [0.15, 0.2) is 35.6 Å². The zero-order valence-corrected chi connectivity index (χ0v) is 14.0. The lowest BCUT2D eigenvalue weighted by Crippen LogP contribution is -1.97. The Morgan fingerprint density at radius 3 is 2.25 bits per heavy atom. The topological polar surface area (TPSA) is 20.2 Å². The van der Waals surface area contributed by atoms with E-state index in [9.17, 15) is 5.11 Å². The van der Waals surface area contributed by atoms with Gasteiger partial charge in [0.1, 0.15) is 0 Å². The third kappa shape index (κ3) is 10.9. The molecule has 1 atom stereocenters. The molecule has 0 spiro atoms. The number of rotatable bonds is 11. The molecule has 0 aromatic heterocycles. The highest BCUT2D eigenvalue weighted by molar-refractivity contribution is 5.03. The summed E-state index contributed by atoms with van der Waals surface area (Å²) >= 11 is 0. The quantitative estimate of drug-likeness (QED) is 0.252. The van der Waals surface area contributed by atoms with Crippen molar-refractivity contribution in [1.29, 1.82) is 0 Å². The third-order valence-corrected chi connectivity index (χ3v) is 3.86. The monoisotopic (exact) mass is 278 g/mol. The van der Waals surface area contributed by atoms with Gasteiger partial charge in [-0.05, 0) is 52.4 Å². The molecule has 0 aromatic carbocycles. The summed E-state index contributed by atoms with van der Waals surface area (Å²) in [5.41, 5.74) is 3.00. The van der Waals surface area contributed by atoms with Gasteiger partial charge in [0.25, 0.3) is 0 Å². The van der Waals surface area contributed by atoms with Gasteiger partial charge in [-0.1, -0.05) is 56.6 Å². The summed E-state index contributed by atoms with van der Waals surface area (Å²) in [6.07, 6.45) is 14.2. The maximum Gasteiger partial charge on any atom is 0.0879 e. The Morgan fingerprint density at radius 2 is 1.65 bits per heavy atom. The van der Waals surface area contributed by atoms with Crippen LogP contribution in [0.2, 0.25) is 0 Å². The van der Waals surface area contributed by atoms with E-state index < -0.39 is 0 Å². The molecule has 0 rings (SSSR count). The van der Waals surface area contributed by atoms with Crippen LogP contribution in [0.1, 0.15) is 79.1 Å². The summed E-state index contributed by atoms with van der Waals surface area (Å²) in [7, 11) is 0. The van der Waals surface area contributed by atoms with Gasteiger partial charge in [-0.3, -0.25) is 0 Å². The maximum absolute atomic E-state index is 9.26. The van der Waals surface area contributed by atoms with Crippen LogP contribution in [0.3, 0.4) is 0 Å². The van der Waals surface area contributed by atoms with Gasteiger partial charge in [-0.2, -0.15) is 0 Å². The Kier molecular flexibility index (Phi) is 11.2. The normalized spacial score (nSPS) is 14.4. The Labute approximate surface area is 126 Å². The highest BCUT2D eigenvalue weighted by Gasteiger charge is 2.04. The van der Waals surface area contributed by atoms with E-state index in [1.54, 1.807) is 0 Å². The molecule has 0 saturated heterocycles. The lowest BCUT2D eigenvalue weighted by atomic mass is 9.99. The summed E-state index contributed by atoms with van der Waals surface area (Å²) in [5, 5.41) is 9.26. The second-order valence-corrected chi connectivity index (χ2v) is 6.07. The minimum absolute atomic E-state index is 0.228. The zero-order chi connectivity index (χ0) is 15.4. The number of aliphatic hydroxyl groups excluding tert-OH is 1. The molecular weight excluding hydrogens is 244 g/mol. The van der Waals surface area contributed by atoms with Gasteiger partial charge in [-0.15, -0.1) is 0 Å². The molecule has 0 aromatic rings. The Morgan fingerprint density at radius 1 is 1.05 bits per heavy atom. The molecule has 1 unspecified atom stereocenters. The lowest BCUT2D eigenvalue weighted by molar-refractivity contribution is 0.331. The van der Waals surface area contributed by atoms with E-state index in [0.717, 1.165) is 25.7 Å². The molecule has 116 valence electrons. The molecule has 0 radical (unpaired) electrons. The van der Waals surface area contributed by atoms with Gasteiger partial charge in [0.05, 0.1) is 5.76 Å². The predicted molar refractivity (Wildman–Crippen MR) is 91.1 cm³/mol. The second-order valence-electron chi connectivity index (χ2n) is 6.07. The van der Waals surface area contributed by atoms with Crippen molar-refractivity contribution in [2.45, 2.75) is 79.1 Å². The Bertz CT molecular complexity index is 323. The summed E-state index contributed by atoms with van der Waals surface area (Å²) < 4.78 is 0. The Balaban J connectivity index is 3.80. The number of allylic oxidation sites excluding steroid dienone is 5. The lowest BCUT2D eigenvalue weighted by Gasteiger charge is -2.09. The SMILES string of the molecule is C=C(O)C(C)CCC/C(C)=C/CC/C(C)=C/CCCC. The highest BCUT2D eigenvalue weighted by Crippen LogP contribution is 2.17. The van der Waals surface area contributed by atoms with Crippen LogP contribution in [0, 0.1) is 5.92 Å². The molecule has 0 aliphatic carbocycles. The van der Waals surface area contributed by atoms with Crippen LogP contribution >= 0.6 is 0 Å². The molecule has 0 saturated carbocycles. The van der Waals surface area contributed by atoms with Gasteiger partial charge in [0.2, 0.25) is 0 Å². The molecule has 1 N–H and O–H groups in total. The average molecular weight is 278 g/mol. The summed E-state index contributed by atoms with van der Waals surface area (Å²) in [4.78, 5) is 0. The molecule has 20 heavy (non-hydrogen) atoms. The molecule has 0 bridgehead atoms. The van der Waals surface area contributed by atoms with Crippen molar-refractivity contribution in [3.05, 3.63) is 35.6 Å². The number of hydrogen-bond acceptors (Lipinski definition) is 1. The van der Waals surface area contributed by atoms with Crippen LogP contribution in [-0.4, -0.2) is 5.11 Å². The average Bonchev–Trinajstić information content (AvgIpc) is 2.38. The highest BCUT2D eigenvalue weighted by atomic mass is 16.3. The van der Waals surface area contributed by atoms with Gasteiger partial charge < -0.3 is 5.11 Å². The fraction of sp³-hybridized carbons (Fsp3) is 0.684. The van der Waals surface area contributed by atoms with E-state index in [1.165, 1.54) is 36.8 Å². The molecule has 1 heteroatoms. The van der Waals surface area contributed by atoms with Gasteiger partial charge >= 0.3 is 0 Å². The molecular formula is C19H34O. The fourth-order valence-corrected chi connectivity index (χ4v) is 2.16. The second kappa shape index (κ2) is 11.8. The van der Waals surface area contributed by atoms with E-state index >= 15 is 0 Å². The van der Waals surface area contributed by atoms with E-state index in [4.69, 9.17) is 0 Å². The first-order valence-electron chi connectivity index (χ1n) is 8.16. The van der Waals surface area contributed by atoms with Crippen molar-refractivity contribution in [1.82, 2.24) is 0 Å². The number of hydrogen-bond donors (Lipinski definition) is 1. The van der Waals surface area contributed by atoms with Crippen molar-refractivity contribution in [2.24, 2.45) is 5.92 Å². The third-order valence-electron chi connectivity index (χ3n) is 3.86. The summed E-state index contributed by atoms with van der Waals surface area (Å²) in [6.45, 7) is 12.3. The standard InChI is InChI=1S/C19H34O/c1-6-7-8-11-16(2)12-9-13-17(3)14-10-15-18(4)19(5)20/h11,13,18,20H,5-10,12,14-15H2,1-4H3/b16-11+,17-13+. The van der Waals surface area contributed by atoms with E-state index in [0.29, 0.717) is 5.76 Å². The van der Waals surface area contributed by atoms with Crippen LogP contribution < -0.4 is 0 Å². The number of unbranched alkanes of at least 4 members (excludes halogenated alkanes) is 2. The van der Waals surface area contributed by atoms with Crippen LogP contribution in [0.25, 0.3) is 0 Å².